The zero-order valence-corrected chi connectivity index (χ0v) is 11.5. The molecule has 10 heteroatoms. The standard InChI is InChI=1S/C13H12F6O4/c14-12(15,16)4-22-10(20)8-6-1-2-7(3-6)9(8)11(21)23-5-13(17,18)19/h1-2,6-9H,3-5H2/t6-,7+,8?,9?. The van der Waals surface area contributed by atoms with Crippen molar-refractivity contribution in [2.24, 2.45) is 23.7 Å². The van der Waals surface area contributed by atoms with Crippen molar-refractivity contribution in [1.82, 2.24) is 0 Å². The fourth-order valence-electron chi connectivity index (χ4n) is 2.96. The van der Waals surface area contributed by atoms with Crippen molar-refractivity contribution < 1.29 is 45.4 Å². The molecule has 2 bridgehead atoms. The minimum absolute atomic E-state index is 0.289. The van der Waals surface area contributed by atoms with E-state index in [1.165, 1.54) is 0 Å². The molecule has 2 rings (SSSR count). The third-order valence-electron chi connectivity index (χ3n) is 3.76. The highest BCUT2D eigenvalue weighted by Crippen LogP contribution is 2.49. The van der Waals surface area contributed by atoms with E-state index in [2.05, 4.69) is 9.47 Å². The summed E-state index contributed by atoms with van der Waals surface area (Å²) in [6.45, 7) is -3.62. The molecule has 2 aliphatic rings. The summed E-state index contributed by atoms with van der Waals surface area (Å²) in [5, 5.41) is 0. The van der Waals surface area contributed by atoms with Gasteiger partial charge in [0.25, 0.3) is 0 Å². The van der Waals surface area contributed by atoms with Crippen LogP contribution < -0.4 is 0 Å². The Bertz CT molecular complexity index is 466. The van der Waals surface area contributed by atoms with Crippen LogP contribution in [0.4, 0.5) is 26.3 Å². The first-order valence-electron chi connectivity index (χ1n) is 6.63. The van der Waals surface area contributed by atoms with E-state index in [0.29, 0.717) is 0 Å². The maximum Gasteiger partial charge on any atom is 0.422 e. The highest BCUT2D eigenvalue weighted by atomic mass is 19.4. The maximum atomic E-state index is 12.1. The molecule has 4 nitrogen and oxygen atoms in total. The lowest BCUT2D eigenvalue weighted by Crippen LogP contribution is -2.37. The van der Waals surface area contributed by atoms with Gasteiger partial charge in [0.2, 0.25) is 0 Å². The van der Waals surface area contributed by atoms with E-state index in [0.717, 1.165) is 0 Å². The molecule has 0 radical (unpaired) electrons. The molecular weight excluding hydrogens is 334 g/mol. The highest BCUT2D eigenvalue weighted by molar-refractivity contribution is 5.84. The predicted octanol–water partition coefficient (Wildman–Crippen LogP) is 2.64. The Labute approximate surface area is 126 Å². The van der Waals surface area contributed by atoms with Gasteiger partial charge in [-0.05, 0) is 18.3 Å². The van der Waals surface area contributed by atoms with E-state index in [1.807, 2.05) is 0 Å². The average Bonchev–Trinajstić information content (AvgIpc) is 3.00. The molecular formula is C13H12F6O4. The monoisotopic (exact) mass is 346 g/mol. The van der Waals surface area contributed by atoms with Crippen LogP contribution in [0.15, 0.2) is 12.2 Å². The molecule has 130 valence electrons. The average molecular weight is 346 g/mol. The molecule has 0 saturated heterocycles. The second-order valence-electron chi connectivity index (χ2n) is 5.45. The number of alkyl halides is 6. The van der Waals surface area contributed by atoms with Gasteiger partial charge in [-0.15, -0.1) is 0 Å². The fraction of sp³-hybridized carbons (Fsp3) is 0.692. The normalized spacial score (nSPS) is 29.7. The molecule has 0 aromatic rings. The second-order valence-corrected chi connectivity index (χ2v) is 5.45. The van der Waals surface area contributed by atoms with E-state index in [-0.39, 0.29) is 6.42 Å². The van der Waals surface area contributed by atoms with Crippen LogP contribution in [0.3, 0.4) is 0 Å². The number of esters is 2. The summed E-state index contributed by atoms with van der Waals surface area (Å²) in [5.74, 6) is -6.10. The van der Waals surface area contributed by atoms with Gasteiger partial charge in [0.05, 0.1) is 11.8 Å². The van der Waals surface area contributed by atoms with Gasteiger partial charge < -0.3 is 9.47 Å². The largest absolute Gasteiger partial charge is 0.456 e. The third kappa shape index (κ3) is 4.38. The molecule has 4 atom stereocenters. The molecule has 0 aliphatic heterocycles. The van der Waals surface area contributed by atoms with Gasteiger partial charge in [-0.3, -0.25) is 9.59 Å². The van der Waals surface area contributed by atoms with Crippen molar-refractivity contribution in [3.8, 4) is 0 Å². The molecule has 0 aromatic heterocycles. The van der Waals surface area contributed by atoms with E-state index in [1.54, 1.807) is 12.2 Å². The second kappa shape index (κ2) is 6.04. The van der Waals surface area contributed by atoms with Crippen molar-refractivity contribution >= 4 is 11.9 Å². The van der Waals surface area contributed by atoms with Gasteiger partial charge >= 0.3 is 24.3 Å². The van der Waals surface area contributed by atoms with Crippen LogP contribution >= 0.6 is 0 Å². The number of allylic oxidation sites excluding steroid dienone is 2. The highest BCUT2D eigenvalue weighted by Gasteiger charge is 2.53. The van der Waals surface area contributed by atoms with Crippen LogP contribution in [0.1, 0.15) is 6.42 Å². The molecule has 2 unspecified atom stereocenters. The Morgan fingerprint density at radius 2 is 1.17 bits per heavy atom. The predicted molar refractivity (Wildman–Crippen MR) is 61.7 cm³/mol. The number of carbonyl (C=O) groups is 2. The van der Waals surface area contributed by atoms with E-state index < -0.39 is 61.2 Å². The van der Waals surface area contributed by atoms with Gasteiger partial charge in [0.15, 0.2) is 13.2 Å². The smallest absolute Gasteiger partial charge is 0.422 e. The lowest BCUT2D eigenvalue weighted by Gasteiger charge is -2.25. The Hall–Kier alpha value is -1.74. The van der Waals surface area contributed by atoms with Crippen LogP contribution in [0, 0.1) is 23.7 Å². The summed E-state index contributed by atoms with van der Waals surface area (Å²) in [6.07, 6.45) is -6.06. The maximum absolute atomic E-state index is 12.1. The molecule has 23 heavy (non-hydrogen) atoms. The molecule has 1 saturated carbocycles. The van der Waals surface area contributed by atoms with Crippen LogP contribution in [-0.4, -0.2) is 37.5 Å². The molecule has 1 fully saturated rings. The zero-order chi connectivity index (χ0) is 17.4. The molecule has 0 N–H and O–H groups in total. The number of rotatable bonds is 4. The van der Waals surface area contributed by atoms with Crippen molar-refractivity contribution in [3.05, 3.63) is 12.2 Å². The lowest BCUT2D eigenvalue weighted by atomic mass is 9.83. The quantitative estimate of drug-likeness (QED) is 0.446. The molecule has 2 aliphatic carbocycles. The SMILES string of the molecule is O=C(OCC(F)(F)F)C1C(C(=O)OCC(F)(F)F)[C@H]2C=C[C@@H]1C2. The number of carbonyl (C=O) groups excluding carboxylic acids is 2. The first-order valence-corrected chi connectivity index (χ1v) is 6.63. The van der Waals surface area contributed by atoms with Crippen molar-refractivity contribution in [3.63, 3.8) is 0 Å². The van der Waals surface area contributed by atoms with Crippen LogP contribution in [-0.2, 0) is 19.1 Å². The summed E-state index contributed by atoms with van der Waals surface area (Å²) in [4.78, 5) is 23.6. The molecule has 0 amide bonds. The van der Waals surface area contributed by atoms with Crippen molar-refractivity contribution in [2.45, 2.75) is 18.8 Å². The Morgan fingerprint density at radius 1 is 0.826 bits per heavy atom. The Kier molecular flexibility index (Phi) is 4.63. The van der Waals surface area contributed by atoms with E-state index in [9.17, 15) is 35.9 Å². The van der Waals surface area contributed by atoms with Gasteiger partial charge in [-0.2, -0.15) is 26.3 Å². The first-order chi connectivity index (χ1) is 10.5. The number of hydrogen-bond donors (Lipinski definition) is 0. The van der Waals surface area contributed by atoms with Gasteiger partial charge in [-0.25, -0.2) is 0 Å². The van der Waals surface area contributed by atoms with Crippen molar-refractivity contribution in [2.75, 3.05) is 13.2 Å². The molecule has 0 spiro atoms. The van der Waals surface area contributed by atoms with Gasteiger partial charge in [-0.1, -0.05) is 12.2 Å². The number of hydrogen-bond acceptors (Lipinski definition) is 4. The topological polar surface area (TPSA) is 52.6 Å². The van der Waals surface area contributed by atoms with Crippen LogP contribution in [0.5, 0.6) is 0 Å². The third-order valence-corrected chi connectivity index (χ3v) is 3.76. The summed E-state index contributed by atoms with van der Waals surface area (Å²) in [7, 11) is 0. The fourth-order valence-corrected chi connectivity index (χ4v) is 2.96. The van der Waals surface area contributed by atoms with Crippen LogP contribution in [0.25, 0.3) is 0 Å². The zero-order valence-electron chi connectivity index (χ0n) is 11.5. The number of fused-ring (bicyclic) bond motifs is 2. The summed E-state index contributed by atoms with van der Waals surface area (Å²) >= 11 is 0. The molecule has 0 heterocycles. The summed E-state index contributed by atoms with van der Waals surface area (Å²) < 4.78 is 80.8. The Balaban J connectivity index is 2.03. The van der Waals surface area contributed by atoms with E-state index in [4.69, 9.17) is 0 Å². The first kappa shape index (κ1) is 17.6. The lowest BCUT2D eigenvalue weighted by molar-refractivity contribution is -0.197. The molecule has 0 aromatic carbocycles. The number of halogens is 6. The minimum Gasteiger partial charge on any atom is -0.456 e. The van der Waals surface area contributed by atoms with Gasteiger partial charge in [0.1, 0.15) is 0 Å². The van der Waals surface area contributed by atoms with Gasteiger partial charge in [0, 0.05) is 0 Å². The summed E-state index contributed by atoms with van der Waals surface area (Å²) in [6, 6.07) is 0. The minimum atomic E-state index is -4.73. The van der Waals surface area contributed by atoms with Crippen LogP contribution in [0.2, 0.25) is 0 Å². The Morgan fingerprint density at radius 3 is 1.48 bits per heavy atom. The number of ether oxygens (including phenoxy) is 2. The summed E-state index contributed by atoms with van der Waals surface area (Å²) in [5.41, 5.74) is 0. The van der Waals surface area contributed by atoms with Crippen molar-refractivity contribution in [1.29, 1.82) is 0 Å². The van der Waals surface area contributed by atoms with E-state index >= 15 is 0 Å².